The summed E-state index contributed by atoms with van der Waals surface area (Å²) in [5.74, 6) is -0.840. The van der Waals surface area contributed by atoms with E-state index in [1.807, 2.05) is 0 Å². The molecule has 1 aliphatic rings. The molecule has 0 amide bonds. The molecule has 1 saturated heterocycles. The van der Waals surface area contributed by atoms with Gasteiger partial charge in [-0.3, -0.25) is 10.1 Å². The van der Waals surface area contributed by atoms with Crippen molar-refractivity contribution >= 4 is 5.97 Å². The molecule has 0 radical (unpaired) electrons. The van der Waals surface area contributed by atoms with Crippen LogP contribution in [0, 0.1) is 0 Å². The Balaban J connectivity index is 2.35. The Labute approximate surface area is 52.8 Å². The molecule has 52 valence electrons. The van der Waals surface area contributed by atoms with Crippen LogP contribution in [0.4, 0.5) is 0 Å². The van der Waals surface area contributed by atoms with Crippen molar-refractivity contribution in [1.29, 1.82) is 0 Å². The maximum atomic E-state index is 10.2. The number of aliphatic carboxylic acids is 1. The molecule has 1 fully saturated rings. The molecule has 2 N–H and O–H groups in total. The summed E-state index contributed by atoms with van der Waals surface area (Å²) in [6.07, 6.45) is -0.137. The highest BCUT2D eigenvalue weighted by molar-refractivity contribution is 5.75. The standard InChI is InChI=1S/C5H9NO3/c1-9-3-2-6-4(3)5(7)8/h3-4,6H,2H2,1H3,(H,7,8). The minimum Gasteiger partial charge on any atom is -0.480 e. The van der Waals surface area contributed by atoms with Crippen molar-refractivity contribution in [3.8, 4) is 0 Å². The number of carboxylic acid groups (broad SMARTS) is 1. The van der Waals surface area contributed by atoms with Gasteiger partial charge in [0.2, 0.25) is 0 Å². The van der Waals surface area contributed by atoms with Crippen molar-refractivity contribution in [2.75, 3.05) is 13.7 Å². The van der Waals surface area contributed by atoms with Crippen LogP contribution in [0.25, 0.3) is 0 Å². The average molecular weight is 131 g/mol. The lowest BCUT2D eigenvalue weighted by molar-refractivity contribution is -0.147. The highest BCUT2D eigenvalue weighted by Gasteiger charge is 2.35. The molecule has 0 aromatic carbocycles. The highest BCUT2D eigenvalue weighted by Crippen LogP contribution is 2.06. The van der Waals surface area contributed by atoms with Gasteiger partial charge in [-0.25, -0.2) is 0 Å². The maximum Gasteiger partial charge on any atom is 0.323 e. The van der Waals surface area contributed by atoms with Gasteiger partial charge < -0.3 is 9.84 Å². The number of hydrogen-bond acceptors (Lipinski definition) is 3. The topological polar surface area (TPSA) is 58.6 Å². The zero-order valence-corrected chi connectivity index (χ0v) is 5.13. The summed E-state index contributed by atoms with van der Waals surface area (Å²) in [6, 6.07) is -0.491. The maximum absolute atomic E-state index is 10.2. The molecule has 0 spiro atoms. The summed E-state index contributed by atoms with van der Waals surface area (Å²) in [5.41, 5.74) is 0. The quantitative estimate of drug-likeness (QED) is 0.507. The number of nitrogens with one attached hydrogen (secondary N) is 1. The zero-order chi connectivity index (χ0) is 6.85. The van der Waals surface area contributed by atoms with Gasteiger partial charge >= 0.3 is 5.97 Å². The van der Waals surface area contributed by atoms with Crippen molar-refractivity contribution in [3.63, 3.8) is 0 Å². The number of rotatable bonds is 2. The van der Waals surface area contributed by atoms with E-state index in [0.29, 0.717) is 6.54 Å². The van der Waals surface area contributed by atoms with Crippen molar-refractivity contribution in [2.45, 2.75) is 12.1 Å². The monoisotopic (exact) mass is 131 g/mol. The van der Waals surface area contributed by atoms with E-state index in [2.05, 4.69) is 5.32 Å². The number of hydrogen-bond donors (Lipinski definition) is 2. The van der Waals surface area contributed by atoms with E-state index in [-0.39, 0.29) is 6.10 Å². The first-order valence-electron chi connectivity index (χ1n) is 2.74. The largest absolute Gasteiger partial charge is 0.480 e. The van der Waals surface area contributed by atoms with Crippen molar-refractivity contribution in [2.24, 2.45) is 0 Å². The predicted molar refractivity (Wildman–Crippen MR) is 30.2 cm³/mol. The minimum absolute atomic E-state index is 0.137. The lowest BCUT2D eigenvalue weighted by atomic mass is 10.0. The molecule has 2 atom stereocenters. The van der Waals surface area contributed by atoms with Gasteiger partial charge in [0.1, 0.15) is 6.04 Å². The SMILES string of the molecule is COC1CNC1C(=O)O. The second-order valence-corrected chi connectivity index (χ2v) is 2.00. The third-order valence-corrected chi connectivity index (χ3v) is 1.48. The van der Waals surface area contributed by atoms with Crippen LogP contribution >= 0.6 is 0 Å². The normalized spacial score (nSPS) is 33.4. The number of carboxylic acids is 1. The first-order valence-corrected chi connectivity index (χ1v) is 2.74. The molecular formula is C5H9NO3. The molecule has 4 nitrogen and oxygen atoms in total. The second kappa shape index (κ2) is 2.33. The van der Waals surface area contributed by atoms with E-state index < -0.39 is 12.0 Å². The first kappa shape index (κ1) is 6.51. The zero-order valence-electron chi connectivity index (χ0n) is 5.13. The molecule has 1 rings (SSSR count). The molecule has 0 saturated carbocycles. The van der Waals surface area contributed by atoms with Crippen LogP contribution in [-0.2, 0) is 9.53 Å². The van der Waals surface area contributed by atoms with Crippen LogP contribution in [-0.4, -0.2) is 36.9 Å². The summed E-state index contributed by atoms with van der Waals surface area (Å²) in [6.45, 7) is 0.646. The van der Waals surface area contributed by atoms with E-state index in [1.54, 1.807) is 0 Å². The molecular weight excluding hydrogens is 122 g/mol. The molecule has 4 heteroatoms. The Kier molecular flexibility index (Phi) is 1.68. The van der Waals surface area contributed by atoms with E-state index in [0.717, 1.165) is 0 Å². The van der Waals surface area contributed by atoms with Crippen LogP contribution in [0.3, 0.4) is 0 Å². The van der Waals surface area contributed by atoms with Gasteiger partial charge in [0.15, 0.2) is 0 Å². The van der Waals surface area contributed by atoms with Gasteiger partial charge in [-0.15, -0.1) is 0 Å². The summed E-state index contributed by atoms with van der Waals surface area (Å²) in [4.78, 5) is 10.2. The van der Waals surface area contributed by atoms with Gasteiger partial charge in [0.05, 0.1) is 6.10 Å². The molecule has 9 heavy (non-hydrogen) atoms. The van der Waals surface area contributed by atoms with Crippen LogP contribution in [0.1, 0.15) is 0 Å². The Morgan fingerprint density at radius 1 is 1.89 bits per heavy atom. The van der Waals surface area contributed by atoms with Crippen LogP contribution < -0.4 is 5.32 Å². The average Bonchev–Trinajstić information content (AvgIpc) is 1.61. The minimum atomic E-state index is -0.840. The fourth-order valence-electron chi connectivity index (χ4n) is 0.798. The van der Waals surface area contributed by atoms with Crippen LogP contribution in [0.5, 0.6) is 0 Å². The summed E-state index contributed by atoms with van der Waals surface area (Å²) >= 11 is 0. The van der Waals surface area contributed by atoms with E-state index in [4.69, 9.17) is 9.84 Å². The fraction of sp³-hybridized carbons (Fsp3) is 0.800. The second-order valence-electron chi connectivity index (χ2n) is 2.00. The van der Waals surface area contributed by atoms with E-state index in [1.165, 1.54) is 7.11 Å². The Morgan fingerprint density at radius 2 is 2.56 bits per heavy atom. The highest BCUT2D eigenvalue weighted by atomic mass is 16.5. The smallest absolute Gasteiger partial charge is 0.323 e. The van der Waals surface area contributed by atoms with E-state index >= 15 is 0 Å². The summed E-state index contributed by atoms with van der Waals surface area (Å²) < 4.78 is 4.82. The molecule has 0 aliphatic carbocycles. The molecule has 1 heterocycles. The summed E-state index contributed by atoms with van der Waals surface area (Å²) in [5, 5.41) is 11.1. The van der Waals surface area contributed by atoms with Gasteiger partial charge in [-0.2, -0.15) is 0 Å². The van der Waals surface area contributed by atoms with Gasteiger partial charge in [0, 0.05) is 13.7 Å². The molecule has 0 aromatic heterocycles. The van der Waals surface area contributed by atoms with Gasteiger partial charge in [-0.05, 0) is 0 Å². The Bertz CT molecular complexity index is 123. The molecule has 0 bridgehead atoms. The van der Waals surface area contributed by atoms with Gasteiger partial charge in [-0.1, -0.05) is 0 Å². The third kappa shape index (κ3) is 1.04. The Hall–Kier alpha value is -0.610. The van der Waals surface area contributed by atoms with Crippen molar-refractivity contribution < 1.29 is 14.6 Å². The number of ether oxygens (including phenoxy) is 1. The van der Waals surface area contributed by atoms with E-state index in [9.17, 15) is 4.79 Å². The van der Waals surface area contributed by atoms with Crippen LogP contribution in [0.2, 0.25) is 0 Å². The lowest BCUT2D eigenvalue weighted by Crippen LogP contribution is -2.62. The molecule has 2 unspecified atom stereocenters. The third-order valence-electron chi connectivity index (χ3n) is 1.48. The molecule has 0 aromatic rings. The fourth-order valence-corrected chi connectivity index (χ4v) is 0.798. The number of methoxy groups -OCH3 is 1. The lowest BCUT2D eigenvalue weighted by Gasteiger charge is -2.33. The first-order chi connectivity index (χ1) is 4.25. The van der Waals surface area contributed by atoms with Crippen molar-refractivity contribution in [1.82, 2.24) is 5.32 Å². The Morgan fingerprint density at radius 3 is 2.67 bits per heavy atom. The molecule has 1 aliphatic heterocycles. The van der Waals surface area contributed by atoms with Gasteiger partial charge in [0.25, 0.3) is 0 Å². The van der Waals surface area contributed by atoms with Crippen molar-refractivity contribution in [3.05, 3.63) is 0 Å². The van der Waals surface area contributed by atoms with Crippen LogP contribution in [0.15, 0.2) is 0 Å². The predicted octanol–water partition coefficient (Wildman–Crippen LogP) is -0.942. The number of carbonyl (C=O) groups is 1. The summed E-state index contributed by atoms with van der Waals surface area (Å²) in [7, 11) is 1.52.